The van der Waals surface area contributed by atoms with Crippen molar-refractivity contribution in [3.63, 3.8) is 0 Å². The van der Waals surface area contributed by atoms with E-state index in [1.165, 1.54) is 5.56 Å². The van der Waals surface area contributed by atoms with Crippen LogP contribution in [0.15, 0.2) is 28.7 Å². The van der Waals surface area contributed by atoms with Crippen LogP contribution in [0.4, 0.5) is 11.6 Å². The predicted octanol–water partition coefficient (Wildman–Crippen LogP) is 7.73. The number of anilines is 2. The van der Waals surface area contributed by atoms with E-state index in [0.717, 1.165) is 64.1 Å². The van der Waals surface area contributed by atoms with Gasteiger partial charge in [-0.2, -0.15) is 0 Å². The van der Waals surface area contributed by atoms with Crippen LogP contribution in [0.2, 0.25) is 5.02 Å². The van der Waals surface area contributed by atoms with Gasteiger partial charge < -0.3 is 14.6 Å². The summed E-state index contributed by atoms with van der Waals surface area (Å²) in [5.74, 6) is 2.03. The highest BCUT2D eigenvalue weighted by molar-refractivity contribution is 9.10. The quantitative estimate of drug-likeness (QED) is 0.360. The van der Waals surface area contributed by atoms with Gasteiger partial charge in [-0.05, 0) is 55.0 Å². The molecule has 3 aromatic rings. The van der Waals surface area contributed by atoms with Crippen molar-refractivity contribution >= 4 is 50.2 Å². The molecule has 6 heteroatoms. The van der Waals surface area contributed by atoms with Crippen LogP contribution in [-0.4, -0.2) is 16.7 Å². The van der Waals surface area contributed by atoms with Crippen LogP contribution < -0.4 is 10.1 Å². The summed E-state index contributed by atoms with van der Waals surface area (Å²) >= 11 is 10.1. The number of methoxy groups -OCH3 is 1. The fraction of sp³-hybridized carbons (Fsp3) is 0.435. The van der Waals surface area contributed by atoms with Crippen LogP contribution in [0.3, 0.4) is 0 Å². The molecule has 1 N–H and O–H groups in total. The van der Waals surface area contributed by atoms with Crippen molar-refractivity contribution in [1.82, 2.24) is 9.55 Å². The molecular formula is C23H29BrClN3O. The van der Waals surface area contributed by atoms with E-state index in [1.807, 2.05) is 19.2 Å². The Balaban J connectivity index is 2.14. The lowest BCUT2D eigenvalue weighted by Gasteiger charge is -2.18. The highest BCUT2D eigenvalue weighted by Crippen LogP contribution is 2.38. The van der Waals surface area contributed by atoms with Crippen LogP contribution in [0.25, 0.3) is 11.0 Å². The number of benzene rings is 2. The zero-order chi connectivity index (χ0) is 21.1. The molecule has 0 saturated carbocycles. The number of rotatable bonds is 8. The molecule has 2 aromatic carbocycles. The van der Waals surface area contributed by atoms with E-state index in [4.69, 9.17) is 21.3 Å². The average molecular weight is 479 g/mol. The molecule has 0 fully saturated rings. The molecule has 0 bridgehead atoms. The molecule has 29 heavy (non-hydrogen) atoms. The van der Waals surface area contributed by atoms with Gasteiger partial charge >= 0.3 is 0 Å². The summed E-state index contributed by atoms with van der Waals surface area (Å²) in [6, 6.07) is 8.18. The van der Waals surface area contributed by atoms with Crippen LogP contribution in [0, 0.1) is 6.92 Å². The van der Waals surface area contributed by atoms with Crippen molar-refractivity contribution in [2.24, 2.45) is 7.05 Å². The number of ether oxygens (including phenoxy) is 1. The third kappa shape index (κ3) is 4.41. The van der Waals surface area contributed by atoms with Crippen molar-refractivity contribution in [2.45, 2.75) is 52.4 Å². The summed E-state index contributed by atoms with van der Waals surface area (Å²) in [7, 11) is 3.73. The number of nitrogens with one attached hydrogen (secondary N) is 1. The molecule has 1 aromatic heterocycles. The number of imidazole rings is 1. The highest BCUT2D eigenvalue weighted by Gasteiger charge is 2.21. The van der Waals surface area contributed by atoms with E-state index in [0.29, 0.717) is 10.9 Å². The van der Waals surface area contributed by atoms with E-state index in [-0.39, 0.29) is 0 Å². The molecule has 0 atom stereocenters. The van der Waals surface area contributed by atoms with E-state index >= 15 is 0 Å². The van der Waals surface area contributed by atoms with E-state index < -0.39 is 0 Å². The molecule has 0 saturated heterocycles. The summed E-state index contributed by atoms with van der Waals surface area (Å²) in [5.41, 5.74) is 5.27. The molecule has 1 heterocycles. The summed E-state index contributed by atoms with van der Waals surface area (Å²) in [4.78, 5) is 4.86. The Morgan fingerprint density at radius 2 is 1.90 bits per heavy atom. The summed E-state index contributed by atoms with van der Waals surface area (Å²) in [5, 5.41) is 4.16. The first-order valence-corrected chi connectivity index (χ1v) is 11.3. The average Bonchev–Trinajstić information content (AvgIpc) is 3.01. The Bertz CT molecular complexity index is 1010. The zero-order valence-corrected chi connectivity index (χ0v) is 20.1. The van der Waals surface area contributed by atoms with Crippen LogP contribution in [0.5, 0.6) is 5.75 Å². The topological polar surface area (TPSA) is 39.1 Å². The van der Waals surface area contributed by atoms with Crippen molar-refractivity contribution in [3.05, 3.63) is 44.9 Å². The first-order valence-electron chi connectivity index (χ1n) is 10.2. The van der Waals surface area contributed by atoms with Crippen molar-refractivity contribution in [1.29, 1.82) is 0 Å². The number of hydrogen-bond acceptors (Lipinski definition) is 3. The highest BCUT2D eigenvalue weighted by atomic mass is 79.9. The van der Waals surface area contributed by atoms with Crippen LogP contribution in [0.1, 0.15) is 56.6 Å². The van der Waals surface area contributed by atoms with Gasteiger partial charge in [0.15, 0.2) is 0 Å². The van der Waals surface area contributed by atoms with Gasteiger partial charge in [0.2, 0.25) is 5.95 Å². The van der Waals surface area contributed by atoms with Gasteiger partial charge in [0.25, 0.3) is 0 Å². The zero-order valence-electron chi connectivity index (χ0n) is 17.8. The largest absolute Gasteiger partial charge is 0.495 e. The fourth-order valence-corrected chi connectivity index (χ4v) is 4.80. The number of aryl methyl sites for hydroxylation is 2. The van der Waals surface area contributed by atoms with E-state index in [1.54, 1.807) is 7.11 Å². The molecule has 0 radical (unpaired) electrons. The lowest BCUT2D eigenvalue weighted by Crippen LogP contribution is -2.05. The molecule has 0 aliphatic rings. The summed E-state index contributed by atoms with van der Waals surface area (Å²) in [6.45, 7) is 6.54. The van der Waals surface area contributed by atoms with E-state index in [2.05, 4.69) is 58.7 Å². The van der Waals surface area contributed by atoms with Gasteiger partial charge in [0.05, 0.1) is 23.3 Å². The Morgan fingerprint density at radius 3 is 2.52 bits per heavy atom. The monoisotopic (exact) mass is 477 g/mol. The standard InChI is InChI=1S/C23H29BrClN3O/c1-6-8-15(9-7-2)17-10-11-18(25)21-22(17)28(4)23(27-21)26-20-14(3)12-16(24)13-19(20)29-5/h10-13,15H,6-9H2,1-5H3,(H,26,27). The Hall–Kier alpha value is -1.72. The molecule has 0 spiro atoms. The third-order valence-electron chi connectivity index (χ3n) is 5.44. The summed E-state index contributed by atoms with van der Waals surface area (Å²) < 4.78 is 8.69. The van der Waals surface area contributed by atoms with Crippen molar-refractivity contribution < 1.29 is 4.74 Å². The van der Waals surface area contributed by atoms with Crippen LogP contribution >= 0.6 is 27.5 Å². The SMILES string of the molecule is CCCC(CCC)c1ccc(Cl)c2nc(Nc3c(C)cc(Br)cc3OC)n(C)c12. The van der Waals surface area contributed by atoms with Gasteiger partial charge in [0, 0.05) is 11.5 Å². The molecular weight excluding hydrogens is 450 g/mol. The number of halogens is 2. The smallest absolute Gasteiger partial charge is 0.208 e. The molecule has 0 unspecified atom stereocenters. The Morgan fingerprint density at radius 1 is 1.21 bits per heavy atom. The number of aromatic nitrogens is 2. The maximum absolute atomic E-state index is 6.55. The minimum atomic E-state index is 0.511. The van der Waals surface area contributed by atoms with Crippen molar-refractivity contribution in [3.8, 4) is 5.75 Å². The molecule has 0 aliphatic carbocycles. The number of hydrogen-bond donors (Lipinski definition) is 1. The second-order valence-corrected chi connectivity index (χ2v) is 8.85. The lowest BCUT2D eigenvalue weighted by atomic mass is 9.89. The second kappa shape index (κ2) is 9.40. The normalized spacial score (nSPS) is 11.4. The molecule has 3 rings (SSSR count). The van der Waals surface area contributed by atoms with Crippen molar-refractivity contribution in [2.75, 3.05) is 12.4 Å². The van der Waals surface area contributed by atoms with Gasteiger partial charge in [-0.1, -0.05) is 60.3 Å². The minimum Gasteiger partial charge on any atom is -0.495 e. The Labute approximate surface area is 186 Å². The Kier molecular flexibility index (Phi) is 7.12. The maximum Gasteiger partial charge on any atom is 0.208 e. The first kappa shape index (κ1) is 22.0. The fourth-order valence-electron chi connectivity index (χ4n) is 4.06. The first-order chi connectivity index (χ1) is 13.9. The van der Waals surface area contributed by atoms with Gasteiger partial charge in [-0.15, -0.1) is 0 Å². The molecule has 0 aliphatic heterocycles. The summed E-state index contributed by atoms with van der Waals surface area (Å²) in [6.07, 6.45) is 4.65. The molecule has 4 nitrogen and oxygen atoms in total. The van der Waals surface area contributed by atoms with Gasteiger partial charge in [-0.3, -0.25) is 0 Å². The predicted molar refractivity (Wildman–Crippen MR) is 127 cm³/mol. The molecule has 0 amide bonds. The molecule has 156 valence electrons. The minimum absolute atomic E-state index is 0.511. The number of fused-ring (bicyclic) bond motifs is 1. The second-order valence-electron chi connectivity index (χ2n) is 7.53. The van der Waals surface area contributed by atoms with Gasteiger partial charge in [-0.25, -0.2) is 4.98 Å². The van der Waals surface area contributed by atoms with E-state index in [9.17, 15) is 0 Å². The third-order valence-corrected chi connectivity index (χ3v) is 6.20. The van der Waals surface area contributed by atoms with Gasteiger partial charge in [0.1, 0.15) is 11.3 Å². The lowest BCUT2D eigenvalue weighted by molar-refractivity contribution is 0.416. The maximum atomic E-state index is 6.55. The van der Waals surface area contributed by atoms with Crippen LogP contribution in [-0.2, 0) is 7.05 Å². The number of nitrogens with zero attached hydrogens (tertiary/aromatic N) is 2.